The van der Waals surface area contributed by atoms with E-state index in [1.165, 1.54) is 12.5 Å². The number of rotatable bonds is 5. The van der Waals surface area contributed by atoms with Gasteiger partial charge in [-0.05, 0) is 43.0 Å². The molecule has 4 heteroatoms. The van der Waals surface area contributed by atoms with E-state index >= 15 is 0 Å². The maximum absolute atomic E-state index is 13.5. The van der Waals surface area contributed by atoms with Gasteiger partial charge in [0.15, 0.2) is 0 Å². The molecule has 18 heavy (non-hydrogen) atoms. The van der Waals surface area contributed by atoms with Gasteiger partial charge in [-0.15, -0.1) is 0 Å². The number of hydrogen-bond acceptors (Lipinski definition) is 2. The van der Waals surface area contributed by atoms with Gasteiger partial charge < -0.3 is 5.73 Å². The molecule has 1 aromatic carbocycles. The predicted molar refractivity (Wildman–Crippen MR) is 73.1 cm³/mol. The number of halogens is 2. The molecule has 0 saturated heterocycles. The summed E-state index contributed by atoms with van der Waals surface area (Å²) in [6.45, 7) is 3.77. The first kappa shape index (κ1) is 13.8. The Morgan fingerprint density at radius 3 is 2.72 bits per heavy atom. The lowest BCUT2D eigenvalue weighted by atomic mass is 10.1. The van der Waals surface area contributed by atoms with Gasteiger partial charge in [-0.25, -0.2) is 4.39 Å². The molecule has 100 valence electrons. The average Bonchev–Trinajstić information content (AvgIpc) is 3.00. The van der Waals surface area contributed by atoms with Crippen LogP contribution < -0.4 is 5.73 Å². The topological polar surface area (TPSA) is 29.3 Å². The van der Waals surface area contributed by atoms with Crippen molar-refractivity contribution in [1.29, 1.82) is 0 Å². The molecular weight excluding hydrogens is 251 g/mol. The summed E-state index contributed by atoms with van der Waals surface area (Å²) in [5, 5.41) is 0.160. The van der Waals surface area contributed by atoms with Crippen LogP contribution in [-0.4, -0.2) is 25.0 Å². The molecule has 0 radical (unpaired) electrons. The van der Waals surface area contributed by atoms with Crippen LogP contribution in [0.1, 0.15) is 24.9 Å². The fourth-order valence-electron chi connectivity index (χ4n) is 2.44. The van der Waals surface area contributed by atoms with E-state index in [4.69, 9.17) is 17.3 Å². The summed E-state index contributed by atoms with van der Waals surface area (Å²) in [6.07, 6.45) is 1.29. The second kappa shape index (κ2) is 5.55. The molecule has 1 saturated carbocycles. The first-order chi connectivity index (χ1) is 8.52. The summed E-state index contributed by atoms with van der Waals surface area (Å²) >= 11 is 5.70. The number of likely N-dealkylation sites (N-methyl/N-ethyl adjacent to an activating group) is 1. The number of benzene rings is 1. The van der Waals surface area contributed by atoms with Crippen LogP contribution in [0, 0.1) is 17.7 Å². The van der Waals surface area contributed by atoms with Crippen molar-refractivity contribution in [1.82, 2.24) is 4.90 Å². The third-order valence-corrected chi connectivity index (χ3v) is 4.19. The zero-order valence-corrected chi connectivity index (χ0v) is 11.6. The van der Waals surface area contributed by atoms with Crippen LogP contribution in [0.4, 0.5) is 4.39 Å². The Balaban J connectivity index is 2.08. The molecule has 3 atom stereocenters. The van der Waals surface area contributed by atoms with Crippen molar-refractivity contribution in [2.45, 2.75) is 19.4 Å². The third-order valence-electron chi connectivity index (χ3n) is 3.88. The maximum atomic E-state index is 13.5. The zero-order valence-electron chi connectivity index (χ0n) is 10.9. The van der Waals surface area contributed by atoms with Crippen LogP contribution in [0.15, 0.2) is 18.2 Å². The highest BCUT2D eigenvalue weighted by Crippen LogP contribution is 2.39. The van der Waals surface area contributed by atoms with Gasteiger partial charge in [0.2, 0.25) is 0 Å². The van der Waals surface area contributed by atoms with Crippen molar-refractivity contribution < 1.29 is 4.39 Å². The number of nitrogens with two attached hydrogens (primary N) is 1. The van der Waals surface area contributed by atoms with Crippen LogP contribution in [0.3, 0.4) is 0 Å². The lowest BCUT2D eigenvalue weighted by Crippen LogP contribution is -2.32. The van der Waals surface area contributed by atoms with E-state index < -0.39 is 0 Å². The van der Waals surface area contributed by atoms with E-state index in [0.29, 0.717) is 6.54 Å². The predicted octanol–water partition coefficient (Wildman–Crippen LogP) is 3.07. The molecule has 2 N–H and O–H groups in total. The second-order valence-electron chi connectivity index (χ2n) is 5.34. The fourth-order valence-corrected chi connectivity index (χ4v) is 2.56. The molecule has 0 heterocycles. The molecule has 0 bridgehead atoms. The van der Waals surface area contributed by atoms with Gasteiger partial charge in [0.05, 0.1) is 5.02 Å². The average molecular weight is 271 g/mol. The SMILES string of the molecule is CC1CC1CN(C)C(CN)c1ccc(Cl)c(F)c1. The van der Waals surface area contributed by atoms with Crippen molar-refractivity contribution in [3.63, 3.8) is 0 Å². The van der Waals surface area contributed by atoms with Gasteiger partial charge in [0.25, 0.3) is 0 Å². The minimum atomic E-state index is -0.374. The summed E-state index contributed by atoms with van der Waals surface area (Å²) in [5.41, 5.74) is 6.73. The van der Waals surface area contributed by atoms with Gasteiger partial charge in [0, 0.05) is 19.1 Å². The van der Waals surface area contributed by atoms with Crippen LogP contribution >= 0.6 is 11.6 Å². The van der Waals surface area contributed by atoms with Gasteiger partial charge in [0.1, 0.15) is 5.82 Å². The zero-order chi connectivity index (χ0) is 13.3. The van der Waals surface area contributed by atoms with E-state index in [2.05, 4.69) is 18.9 Å². The third kappa shape index (κ3) is 3.02. The molecule has 1 aromatic rings. The standard InChI is InChI=1S/C14H20ClFN2/c1-9-5-11(9)8-18(2)14(7-17)10-3-4-12(15)13(16)6-10/h3-4,6,9,11,14H,5,7-8,17H2,1-2H3. The smallest absolute Gasteiger partial charge is 0.142 e. The minimum Gasteiger partial charge on any atom is -0.329 e. The molecule has 2 nitrogen and oxygen atoms in total. The van der Waals surface area contributed by atoms with E-state index in [0.717, 1.165) is 23.9 Å². The quantitative estimate of drug-likeness (QED) is 0.891. The Labute approximate surface area is 113 Å². The van der Waals surface area contributed by atoms with Crippen molar-refractivity contribution in [3.8, 4) is 0 Å². The molecule has 0 aliphatic heterocycles. The molecule has 0 aromatic heterocycles. The first-order valence-corrected chi connectivity index (χ1v) is 6.76. The number of hydrogen-bond donors (Lipinski definition) is 1. The molecule has 3 unspecified atom stereocenters. The summed E-state index contributed by atoms with van der Waals surface area (Å²) in [5.74, 6) is 1.20. The monoisotopic (exact) mass is 270 g/mol. The van der Waals surface area contributed by atoms with Gasteiger partial charge in [-0.1, -0.05) is 24.6 Å². The number of nitrogens with zero attached hydrogens (tertiary/aromatic N) is 1. The van der Waals surface area contributed by atoms with Crippen molar-refractivity contribution in [2.24, 2.45) is 17.6 Å². The van der Waals surface area contributed by atoms with E-state index in [1.54, 1.807) is 6.07 Å². The largest absolute Gasteiger partial charge is 0.329 e. The summed E-state index contributed by atoms with van der Waals surface area (Å²) < 4.78 is 13.5. The van der Waals surface area contributed by atoms with Crippen molar-refractivity contribution >= 4 is 11.6 Å². The Morgan fingerprint density at radius 1 is 1.56 bits per heavy atom. The Bertz CT molecular complexity index is 424. The fraction of sp³-hybridized carbons (Fsp3) is 0.571. The normalized spacial score (nSPS) is 24.3. The van der Waals surface area contributed by atoms with Crippen LogP contribution in [-0.2, 0) is 0 Å². The highest BCUT2D eigenvalue weighted by atomic mass is 35.5. The van der Waals surface area contributed by atoms with Crippen LogP contribution in [0.2, 0.25) is 5.02 Å². The van der Waals surface area contributed by atoms with Crippen LogP contribution in [0.25, 0.3) is 0 Å². The summed E-state index contributed by atoms with van der Waals surface area (Å²) in [7, 11) is 2.05. The lowest BCUT2D eigenvalue weighted by molar-refractivity contribution is 0.236. The van der Waals surface area contributed by atoms with Crippen molar-refractivity contribution in [3.05, 3.63) is 34.6 Å². The molecule has 1 aliphatic carbocycles. The van der Waals surface area contributed by atoms with E-state index in [9.17, 15) is 4.39 Å². The van der Waals surface area contributed by atoms with Crippen LogP contribution in [0.5, 0.6) is 0 Å². The molecule has 1 aliphatic rings. The van der Waals surface area contributed by atoms with Gasteiger partial charge in [-0.3, -0.25) is 4.90 Å². The lowest BCUT2D eigenvalue weighted by Gasteiger charge is -2.27. The molecule has 0 spiro atoms. The molecule has 2 rings (SSSR count). The van der Waals surface area contributed by atoms with Gasteiger partial charge in [-0.2, -0.15) is 0 Å². The Morgan fingerprint density at radius 2 is 2.22 bits per heavy atom. The summed E-state index contributed by atoms with van der Waals surface area (Å²) in [6, 6.07) is 5.01. The van der Waals surface area contributed by atoms with Gasteiger partial charge >= 0.3 is 0 Å². The minimum absolute atomic E-state index is 0.0598. The maximum Gasteiger partial charge on any atom is 0.142 e. The van der Waals surface area contributed by atoms with E-state index in [1.807, 2.05) is 6.07 Å². The second-order valence-corrected chi connectivity index (χ2v) is 5.74. The van der Waals surface area contributed by atoms with E-state index in [-0.39, 0.29) is 16.9 Å². The van der Waals surface area contributed by atoms with Crippen molar-refractivity contribution in [2.75, 3.05) is 20.1 Å². The Kier molecular flexibility index (Phi) is 4.25. The Hall–Kier alpha value is -0.640. The molecule has 0 amide bonds. The molecular formula is C14H20ClFN2. The first-order valence-electron chi connectivity index (χ1n) is 6.38. The summed E-state index contributed by atoms with van der Waals surface area (Å²) in [4.78, 5) is 2.22. The molecule has 1 fully saturated rings. The highest BCUT2D eigenvalue weighted by molar-refractivity contribution is 6.30. The highest BCUT2D eigenvalue weighted by Gasteiger charge is 2.34.